The summed E-state index contributed by atoms with van der Waals surface area (Å²) in [4.78, 5) is 12.1. The Labute approximate surface area is 115 Å². The molecule has 100 valence electrons. The van der Waals surface area contributed by atoms with Gasteiger partial charge in [-0.25, -0.2) is 0 Å². The largest absolute Gasteiger partial charge is 0.490 e. The zero-order valence-corrected chi connectivity index (χ0v) is 11.6. The SMILES string of the molecule is CCOc1ccc(C(=O)c2csnn2)cc1OCC. The van der Waals surface area contributed by atoms with Gasteiger partial charge in [0.25, 0.3) is 0 Å². The van der Waals surface area contributed by atoms with Crippen molar-refractivity contribution in [2.75, 3.05) is 13.2 Å². The first-order valence-electron chi connectivity index (χ1n) is 5.97. The van der Waals surface area contributed by atoms with Gasteiger partial charge in [-0.15, -0.1) is 5.10 Å². The maximum absolute atomic E-state index is 12.1. The van der Waals surface area contributed by atoms with E-state index in [-0.39, 0.29) is 5.78 Å². The Balaban J connectivity index is 2.32. The maximum atomic E-state index is 12.1. The van der Waals surface area contributed by atoms with Crippen LogP contribution in [-0.4, -0.2) is 28.6 Å². The van der Waals surface area contributed by atoms with Crippen molar-refractivity contribution >= 4 is 17.3 Å². The van der Waals surface area contributed by atoms with Crippen LogP contribution in [0.5, 0.6) is 11.5 Å². The maximum Gasteiger partial charge on any atom is 0.214 e. The molecule has 0 saturated carbocycles. The number of nitrogens with zero attached hydrogens (tertiary/aromatic N) is 2. The molecular formula is C13H14N2O3S. The summed E-state index contributed by atoms with van der Waals surface area (Å²) in [5.74, 6) is 1.04. The van der Waals surface area contributed by atoms with Crippen molar-refractivity contribution in [1.82, 2.24) is 9.59 Å². The summed E-state index contributed by atoms with van der Waals surface area (Å²) < 4.78 is 14.6. The van der Waals surface area contributed by atoms with Crippen molar-refractivity contribution in [3.05, 3.63) is 34.8 Å². The van der Waals surface area contributed by atoms with Crippen LogP contribution in [0.3, 0.4) is 0 Å². The van der Waals surface area contributed by atoms with Gasteiger partial charge in [-0.3, -0.25) is 4.79 Å². The molecule has 0 bridgehead atoms. The van der Waals surface area contributed by atoms with Gasteiger partial charge in [-0.1, -0.05) is 4.49 Å². The lowest BCUT2D eigenvalue weighted by atomic mass is 10.1. The average molecular weight is 278 g/mol. The molecule has 0 aliphatic carbocycles. The van der Waals surface area contributed by atoms with Crippen molar-refractivity contribution in [3.63, 3.8) is 0 Å². The first-order valence-corrected chi connectivity index (χ1v) is 6.81. The number of ketones is 1. The van der Waals surface area contributed by atoms with E-state index in [4.69, 9.17) is 9.47 Å². The van der Waals surface area contributed by atoms with Crippen molar-refractivity contribution in [2.45, 2.75) is 13.8 Å². The summed E-state index contributed by atoms with van der Waals surface area (Å²) in [6.45, 7) is 4.84. The van der Waals surface area contributed by atoms with Gasteiger partial charge in [0.15, 0.2) is 11.5 Å². The molecule has 0 amide bonds. The van der Waals surface area contributed by atoms with Crippen LogP contribution in [0.4, 0.5) is 0 Å². The fourth-order valence-electron chi connectivity index (χ4n) is 1.60. The van der Waals surface area contributed by atoms with E-state index in [0.717, 1.165) is 11.5 Å². The highest BCUT2D eigenvalue weighted by molar-refractivity contribution is 7.03. The molecule has 0 atom stereocenters. The van der Waals surface area contributed by atoms with Crippen LogP contribution in [0, 0.1) is 0 Å². The normalized spacial score (nSPS) is 10.2. The fraction of sp³-hybridized carbons (Fsp3) is 0.308. The van der Waals surface area contributed by atoms with Gasteiger partial charge >= 0.3 is 0 Å². The Morgan fingerprint density at radius 3 is 2.58 bits per heavy atom. The molecule has 2 rings (SSSR count). The van der Waals surface area contributed by atoms with E-state index in [2.05, 4.69) is 9.59 Å². The highest BCUT2D eigenvalue weighted by atomic mass is 32.1. The van der Waals surface area contributed by atoms with Gasteiger partial charge < -0.3 is 9.47 Å². The van der Waals surface area contributed by atoms with Crippen LogP contribution in [-0.2, 0) is 0 Å². The van der Waals surface area contributed by atoms with E-state index >= 15 is 0 Å². The molecule has 19 heavy (non-hydrogen) atoms. The smallest absolute Gasteiger partial charge is 0.214 e. The third kappa shape index (κ3) is 3.08. The molecule has 5 nitrogen and oxygen atoms in total. The molecule has 1 aromatic carbocycles. The minimum atomic E-state index is -0.169. The zero-order chi connectivity index (χ0) is 13.7. The quantitative estimate of drug-likeness (QED) is 0.760. The average Bonchev–Trinajstić information content (AvgIpc) is 2.94. The molecule has 0 aliphatic heterocycles. The van der Waals surface area contributed by atoms with Crippen LogP contribution in [0.25, 0.3) is 0 Å². The van der Waals surface area contributed by atoms with E-state index in [1.54, 1.807) is 23.6 Å². The standard InChI is InChI=1S/C13H14N2O3S/c1-3-17-11-6-5-9(7-12(11)18-4-2)13(16)10-8-19-15-14-10/h5-8H,3-4H2,1-2H3. The minimum absolute atomic E-state index is 0.169. The summed E-state index contributed by atoms with van der Waals surface area (Å²) in [6, 6.07) is 5.12. The van der Waals surface area contributed by atoms with Crippen molar-refractivity contribution in [1.29, 1.82) is 0 Å². The van der Waals surface area contributed by atoms with E-state index in [0.29, 0.717) is 36.0 Å². The summed E-state index contributed by atoms with van der Waals surface area (Å²) in [6.07, 6.45) is 0. The second-order valence-electron chi connectivity index (χ2n) is 3.65. The Bertz CT molecular complexity index is 555. The van der Waals surface area contributed by atoms with E-state index in [1.807, 2.05) is 13.8 Å². The second-order valence-corrected chi connectivity index (χ2v) is 4.26. The number of benzene rings is 1. The van der Waals surface area contributed by atoms with E-state index in [9.17, 15) is 4.79 Å². The molecule has 1 aromatic heterocycles. The first kappa shape index (κ1) is 13.5. The predicted octanol–water partition coefficient (Wildman–Crippen LogP) is 2.57. The third-order valence-electron chi connectivity index (χ3n) is 2.40. The topological polar surface area (TPSA) is 61.3 Å². The number of carbonyl (C=O) groups excluding carboxylic acids is 1. The van der Waals surface area contributed by atoms with E-state index in [1.165, 1.54) is 0 Å². The van der Waals surface area contributed by atoms with Crippen LogP contribution >= 0.6 is 11.5 Å². The van der Waals surface area contributed by atoms with Gasteiger partial charge in [0, 0.05) is 10.9 Å². The van der Waals surface area contributed by atoms with Crippen LogP contribution in [0.15, 0.2) is 23.6 Å². The highest BCUT2D eigenvalue weighted by Gasteiger charge is 2.15. The third-order valence-corrected chi connectivity index (χ3v) is 2.90. The number of ether oxygens (including phenoxy) is 2. The minimum Gasteiger partial charge on any atom is -0.490 e. The molecule has 2 aromatic rings. The molecule has 0 radical (unpaired) electrons. The summed E-state index contributed by atoms with van der Waals surface area (Å²) in [5, 5.41) is 5.40. The predicted molar refractivity (Wildman–Crippen MR) is 72.1 cm³/mol. The Morgan fingerprint density at radius 2 is 1.95 bits per heavy atom. The Kier molecular flexibility index (Phi) is 4.46. The van der Waals surface area contributed by atoms with Gasteiger partial charge in [0.1, 0.15) is 5.69 Å². The van der Waals surface area contributed by atoms with Crippen molar-refractivity contribution in [3.8, 4) is 11.5 Å². The lowest BCUT2D eigenvalue weighted by Crippen LogP contribution is -2.04. The van der Waals surface area contributed by atoms with Crippen molar-refractivity contribution in [2.24, 2.45) is 0 Å². The molecule has 0 unspecified atom stereocenters. The van der Waals surface area contributed by atoms with Gasteiger partial charge in [-0.2, -0.15) is 0 Å². The molecule has 0 spiro atoms. The summed E-state index contributed by atoms with van der Waals surface area (Å²) in [7, 11) is 0. The fourth-order valence-corrected chi connectivity index (χ4v) is 2.04. The number of hydrogen-bond acceptors (Lipinski definition) is 6. The number of hydrogen-bond donors (Lipinski definition) is 0. The van der Waals surface area contributed by atoms with Crippen LogP contribution < -0.4 is 9.47 Å². The zero-order valence-electron chi connectivity index (χ0n) is 10.8. The lowest BCUT2D eigenvalue weighted by molar-refractivity contribution is 0.103. The summed E-state index contributed by atoms with van der Waals surface area (Å²) in [5.41, 5.74) is 0.858. The van der Waals surface area contributed by atoms with Crippen LogP contribution in [0.2, 0.25) is 0 Å². The van der Waals surface area contributed by atoms with Gasteiger partial charge in [0.05, 0.1) is 13.2 Å². The summed E-state index contributed by atoms with van der Waals surface area (Å²) >= 11 is 1.15. The number of aromatic nitrogens is 2. The molecule has 0 N–H and O–H groups in total. The molecule has 1 heterocycles. The molecule has 0 aliphatic rings. The highest BCUT2D eigenvalue weighted by Crippen LogP contribution is 2.29. The van der Waals surface area contributed by atoms with E-state index < -0.39 is 0 Å². The van der Waals surface area contributed by atoms with Crippen LogP contribution in [0.1, 0.15) is 29.9 Å². The number of rotatable bonds is 6. The van der Waals surface area contributed by atoms with Gasteiger partial charge in [-0.05, 0) is 43.6 Å². The Morgan fingerprint density at radius 1 is 1.21 bits per heavy atom. The molecule has 6 heteroatoms. The van der Waals surface area contributed by atoms with Gasteiger partial charge in [0.2, 0.25) is 5.78 Å². The molecule has 0 fully saturated rings. The number of carbonyl (C=O) groups is 1. The molecule has 0 saturated heterocycles. The Hall–Kier alpha value is -1.95. The second kappa shape index (κ2) is 6.29. The monoisotopic (exact) mass is 278 g/mol. The van der Waals surface area contributed by atoms with Crippen molar-refractivity contribution < 1.29 is 14.3 Å². The lowest BCUT2D eigenvalue weighted by Gasteiger charge is -2.11. The first-order chi connectivity index (χ1) is 9.26. The molecular weight excluding hydrogens is 264 g/mol.